The van der Waals surface area contributed by atoms with Crippen LogP contribution in [0.5, 0.6) is 0 Å². The lowest BCUT2D eigenvalue weighted by molar-refractivity contribution is -0.147. The van der Waals surface area contributed by atoms with Crippen molar-refractivity contribution in [2.24, 2.45) is 5.41 Å². The van der Waals surface area contributed by atoms with E-state index in [1.54, 1.807) is 0 Å². The smallest absolute Gasteiger partial charge is 0.310 e. The first-order chi connectivity index (χ1) is 9.21. The maximum absolute atomic E-state index is 11.2. The summed E-state index contributed by atoms with van der Waals surface area (Å²) in [5, 5.41) is 9.26. The molecule has 1 N–H and O–H groups in total. The van der Waals surface area contributed by atoms with E-state index in [9.17, 15) is 9.90 Å². The summed E-state index contributed by atoms with van der Waals surface area (Å²) in [6.45, 7) is 10.8. The highest BCUT2D eigenvalue weighted by Gasteiger charge is 2.40. The van der Waals surface area contributed by atoms with Crippen LogP contribution in [0.2, 0.25) is 0 Å². The van der Waals surface area contributed by atoms with Crippen molar-refractivity contribution >= 4 is 5.97 Å². The van der Waals surface area contributed by atoms with Crippen LogP contribution in [0.25, 0.3) is 0 Å². The Morgan fingerprint density at radius 1 is 1.30 bits per heavy atom. The third-order valence-corrected chi connectivity index (χ3v) is 4.29. The van der Waals surface area contributed by atoms with E-state index in [4.69, 9.17) is 0 Å². The Hall–Kier alpha value is -1.35. The lowest BCUT2D eigenvalue weighted by atomic mass is 9.87. The molecule has 1 saturated heterocycles. The summed E-state index contributed by atoms with van der Waals surface area (Å²) >= 11 is 0. The van der Waals surface area contributed by atoms with Crippen LogP contribution in [0.3, 0.4) is 0 Å². The summed E-state index contributed by atoms with van der Waals surface area (Å²) in [6, 6.07) is 8.69. The predicted octanol–water partition coefficient (Wildman–Crippen LogP) is 3.28. The van der Waals surface area contributed by atoms with Crippen molar-refractivity contribution in [1.29, 1.82) is 0 Å². The molecule has 20 heavy (non-hydrogen) atoms. The van der Waals surface area contributed by atoms with Gasteiger partial charge in [0, 0.05) is 13.1 Å². The highest BCUT2D eigenvalue weighted by molar-refractivity contribution is 5.74. The molecule has 1 aromatic rings. The molecular weight excluding hydrogens is 250 g/mol. The summed E-state index contributed by atoms with van der Waals surface area (Å²) in [4.78, 5) is 13.5. The van der Waals surface area contributed by atoms with Crippen LogP contribution in [-0.4, -0.2) is 29.1 Å². The number of aliphatic carboxylic acids is 1. The van der Waals surface area contributed by atoms with Crippen molar-refractivity contribution in [3.63, 3.8) is 0 Å². The molecule has 1 aromatic carbocycles. The van der Waals surface area contributed by atoms with Gasteiger partial charge in [0.15, 0.2) is 0 Å². The average Bonchev–Trinajstić information content (AvgIpc) is 2.72. The third-order valence-electron chi connectivity index (χ3n) is 4.29. The number of rotatable bonds is 3. The van der Waals surface area contributed by atoms with Crippen LogP contribution in [0.4, 0.5) is 0 Å². The number of carbonyl (C=O) groups is 1. The summed E-state index contributed by atoms with van der Waals surface area (Å²) in [7, 11) is 0. The topological polar surface area (TPSA) is 40.5 Å². The molecule has 3 nitrogen and oxygen atoms in total. The zero-order valence-electron chi connectivity index (χ0n) is 12.9. The normalized spacial score (nSPS) is 24.0. The van der Waals surface area contributed by atoms with Gasteiger partial charge in [-0.25, -0.2) is 0 Å². The monoisotopic (exact) mass is 275 g/mol. The van der Waals surface area contributed by atoms with Gasteiger partial charge >= 0.3 is 5.97 Å². The Bertz CT molecular complexity index is 487. The molecule has 0 aromatic heterocycles. The number of benzene rings is 1. The molecule has 2 rings (SSSR count). The van der Waals surface area contributed by atoms with E-state index in [1.807, 2.05) is 6.92 Å². The minimum Gasteiger partial charge on any atom is -0.481 e. The first-order valence-corrected chi connectivity index (χ1v) is 7.26. The molecule has 1 aliphatic heterocycles. The third kappa shape index (κ3) is 3.21. The minimum absolute atomic E-state index is 0.175. The molecule has 1 unspecified atom stereocenters. The number of hydrogen-bond acceptors (Lipinski definition) is 2. The molecule has 3 heteroatoms. The Balaban J connectivity index is 2.00. The largest absolute Gasteiger partial charge is 0.481 e. The van der Waals surface area contributed by atoms with Gasteiger partial charge in [0.2, 0.25) is 0 Å². The van der Waals surface area contributed by atoms with Crippen LogP contribution in [0.1, 0.15) is 45.2 Å². The quantitative estimate of drug-likeness (QED) is 0.920. The van der Waals surface area contributed by atoms with E-state index in [-0.39, 0.29) is 5.41 Å². The highest BCUT2D eigenvalue weighted by atomic mass is 16.4. The fourth-order valence-electron chi connectivity index (χ4n) is 2.73. The lowest BCUT2D eigenvalue weighted by Gasteiger charge is -2.21. The standard InChI is InChI=1S/C17H25NO2/c1-16(2,3)14-7-5-13(6-8-14)11-18-10-9-17(4,12-18)15(19)20/h5-8H,9-12H2,1-4H3,(H,19,20). The summed E-state index contributed by atoms with van der Waals surface area (Å²) in [5.41, 5.74) is 2.19. The SMILES string of the molecule is CC1(C(=O)O)CCN(Cc2ccc(C(C)(C)C)cc2)C1. The van der Waals surface area contributed by atoms with Gasteiger partial charge in [0.25, 0.3) is 0 Å². The van der Waals surface area contributed by atoms with Crippen LogP contribution >= 0.6 is 0 Å². The van der Waals surface area contributed by atoms with Crippen molar-refractivity contribution in [1.82, 2.24) is 4.90 Å². The number of hydrogen-bond donors (Lipinski definition) is 1. The van der Waals surface area contributed by atoms with Gasteiger partial charge in [-0.3, -0.25) is 9.69 Å². The van der Waals surface area contributed by atoms with E-state index in [0.717, 1.165) is 19.5 Å². The van der Waals surface area contributed by atoms with Gasteiger partial charge in [-0.1, -0.05) is 45.0 Å². The molecule has 0 bridgehead atoms. The molecule has 1 aliphatic rings. The van der Waals surface area contributed by atoms with E-state index >= 15 is 0 Å². The second kappa shape index (κ2) is 5.21. The second-order valence-corrected chi connectivity index (χ2v) is 7.27. The first kappa shape index (κ1) is 15.0. The van der Waals surface area contributed by atoms with Crippen LogP contribution in [0.15, 0.2) is 24.3 Å². The number of carboxylic acids is 1. The molecule has 0 spiro atoms. The number of nitrogens with zero attached hydrogens (tertiary/aromatic N) is 1. The fourth-order valence-corrected chi connectivity index (χ4v) is 2.73. The molecular formula is C17H25NO2. The van der Waals surface area contributed by atoms with Gasteiger partial charge in [-0.05, 0) is 36.4 Å². The fraction of sp³-hybridized carbons (Fsp3) is 0.588. The first-order valence-electron chi connectivity index (χ1n) is 7.26. The van der Waals surface area contributed by atoms with Crippen molar-refractivity contribution < 1.29 is 9.90 Å². The summed E-state index contributed by atoms with van der Waals surface area (Å²) in [5.74, 6) is -0.678. The molecule has 1 heterocycles. The van der Waals surface area contributed by atoms with Gasteiger partial charge in [0.05, 0.1) is 5.41 Å². The number of carboxylic acid groups (broad SMARTS) is 1. The van der Waals surface area contributed by atoms with E-state index in [0.29, 0.717) is 6.54 Å². The van der Waals surface area contributed by atoms with Crippen molar-refractivity contribution in [3.8, 4) is 0 Å². The Morgan fingerprint density at radius 2 is 1.90 bits per heavy atom. The summed E-state index contributed by atoms with van der Waals surface area (Å²) in [6.07, 6.45) is 0.739. The second-order valence-electron chi connectivity index (χ2n) is 7.27. The molecule has 1 fully saturated rings. The molecule has 0 radical (unpaired) electrons. The van der Waals surface area contributed by atoms with Crippen molar-refractivity contribution in [2.45, 2.75) is 46.1 Å². The average molecular weight is 275 g/mol. The number of likely N-dealkylation sites (tertiary alicyclic amines) is 1. The van der Waals surface area contributed by atoms with Crippen LogP contribution < -0.4 is 0 Å². The van der Waals surface area contributed by atoms with Crippen LogP contribution in [0, 0.1) is 5.41 Å². The maximum atomic E-state index is 11.2. The van der Waals surface area contributed by atoms with Gasteiger partial charge < -0.3 is 5.11 Å². The van der Waals surface area contributed by atoms with Gasteiger partial charge in [-0.2, -0.15) is 0 Å². The van der Waals surface area contributed by atoms with E-state index < -0.39 is 11.4 Å². The molecule has 0 aliphatic carbocycles. The Morgan fingerprint density at radius 3 is 2.35 bits per heavy atom. The maximum Gasteiger partial charge on any atom is 0.310 e. The van der Waals surface area contributed by atoms with E-state index in [1.165, 1.54) is 11.1 Å². The minimum atomic E-state index is -0.678. The lowest BCUT2D eigenvalue weighted by Crippen LogP contribution is -2.31. The van der Waals surface area contributed by atoms with E-state index in [2.05, 4.69) is 49.9 Å². The van der Waals surface area contributed by atoms with Crippen molar-refractivity contribution in [2.75, 3.05) is 13.1 Å². The molecule has 0 amide bonds. The van der Waals surface area contributed by atoms with Crippen LogP contribution in [-0.2, 0) is 16.8 Å². The molecule has 0 saturated carbocycles. The predicted molar refractivity (Wildman–Crippen MR) is 80.8 cm³/mol. The van der Waals surface area contributed by atoms with Gasteiger partial charge in [0.1, 0.15) is 0 Å². The van der Waals surface area contributed by atoms with Gasteiger partial charge in [-0.15, -0.1) is 0 Å². The molecule has 1 atom stereocenters. The Kier molecular flexibility index (Phi) is 3.92. The summed E-state index contributed by atoms with van der Waals surface area (Å²) < 4.78 is 0. The molecule has 110 valence electrons. The van der Waals surface area contributed by atoms with Crippen molar-refractivity contribution in [3.05, 3.63) is 35.4 Å². The Labute approximate surface area is 121 Å². The highest BCUT2D eigenvalue weighted by Crippen LogP contribution is 2.31. The zero-order valence-corrected chi connectivity index (χ0v) is 12.9. The zero-order chi connectivity index (χ0) is 15.0.